The molecule has 0 radical (unpaired) electrons. The monoisotopic (exact) mass is 374 g/mol. The minimum absolute atomic E-state index is 0.521. The van der Waals surface area contributed by atoms with Crippen LogP contribution in [0.5, 0.6) is 0 Å². The Morgan fingerprint density at radius 1 is 0.893 bits per heavy atom. The molecule has 2 nitrogen and oxygen atoms in total. The van der Waals surface area contributed by atoms with E-state index in [1.54, 1.807) is 18.7 Å². The number of hydrogen-bond acceptors (Lipinski definition) is 1. The average Bonchev–Trinajstić information content (AvgIpc) is 3.29. The predicted molar refractivity (Wildman–Crippen MR) is 124 cm³/mol. The molecular formula is C25H35BN2. The molecule has 28 heavy (non-hydrogen) atoms. The molecule has 1 heterocycles. The van der Waals surface area contributed by atoms with Crippen molar-refractivity contribution in [2.45, 2.75) is 65.6 Å². The van der Waals surface area contributed by atoms with Gasteiger partial charge in [-0.2, -0.15) is 0 Å². The first kappa shape index (κ1) is 22.0. The van der Waals surface area contributed by atoms with Gasteiger partial charge < -0.3 is 4.98 Å². The van der Waals surface area contributed by atoms with E-state index in [-0.39, 0.29) is 0 Å². The van der Waals surface area contributed by atoms with Crippen molar-refractivity contribution in [1.82, 2.24) is 9.97 Å². The van der Waals surface area contributed by atoms with Crippen molar-refractivity contribution in [2.75, 3.05) is 0 Å². The van der Waals surface area contributed by atoms with E-state index in [0.29, 0.717) is 18.5 Å². The molecular weight excluding hydrogens is 339 g/mol. The molecule has 0 saturated carbocycles. The summed E-state index contributed by atoms with van der Waals surface area (Å²) in [5.74, 6) is 1.17. The molecule has 1 aromatic heterocycles. The topological polar surface area (TPSA) is 28.7 Å². The zero-order chi connectivity index (χ0) is 20.4. The van der Waals surface area contributed by atoms with Gasteiger partial charge in [0.05, 0.1) is 6.33 Å². The van der Waals surface area contributed by atoms with Gasteiger partial charge in [0, 0.05) is 12.4 Å². The Kier molecular flexibility index (Phi) is 9.07. The highest BCUT2D eigenvalue weighted by atomic mass is 14.8. The molecule has 0 aliphatic carbocycles. The first-order valence-corrected chi connectivity index (χ1v) is 10.6. The van der Waals surface area contributed by atoms with Crippen LogP contribution in [-0.4, -0.2) is 16.7 Å². The second-order valence-electron chi connectivity index (χ2n) is 8.11. The van der Waals surface area contributed by atoms with Gasteiger partial charge in [-0.25, -0.2) is 4.98 Å². The van der Waals surface area contributed by atoms with Gasteiger partial charge in [0.25, 0.3) is 0 Å². The number of nitrogens with zero attached hydrogens (tertiary/aromatic N) is 1. The van der Waals surface area contributed by atoms with E-state index >= 15 is 0 Å². The lowest BCUT2D eigenvalue weighted by Gasteiger charge is -2.18. The number of rotatable bonds is 7. The first-order chi connectivity index (χ1) is 13.5. The fraction of sp³-hybridized carbons (Fsp3) is 0.400. The van der Waals surface area contributed by atoms with E-state index in [2.05, 4.69) is 93.1 Å². The molecule has 0 spiro atoms. The van der Waals surface area contributed by atoms with Crippen molar-refractivity contribution in [3.63, 3.8) is 0 Å². The highest BCUT2D eigenvalue weighted by Crippen LogP contribution is 2.15. The van der Waals surface area contributed by atoms with Crippen LogP contribution in [0.25, 0.3) is 0 Å². The first-order valence-electron chi connectivity index (χ1n) is 10.6. The highest BCUT2D eigenvalue weighted by molar-refractivity contribution is 6.85. The number of unbranched alkanes of at least 4 members (excludes halogenated alkanes) is 1. The predicted octanol–water partition coefficient (Wildman–Crippen LogP) is 5.75. The third kappa shape index (κ3) is 6.71. The number of imidazole rings is 1. The average molecular weight is 374 g/mol. The fourth-order valence-corrected chi connectivity index (χ4v) is 3.42. The maximum atomic E-state index is 3.67. The summed E-state index contributed by atoms with van der Waals surface area (Å²) in [4.78, 5) is 6.42. The summed E-state index contributed by atoms with van der Waals surface area (Å²) >= 11 is 0. The molecule has 3 heteroatoms. The van der Waals surface area contributed by atoms with Crippen LogP contribution >= 0.6 is 0 Å². The molecule has 0 atom stereocenters. The van der Waals surface area contributed by atoms with Gasteiger partial charge >= 0.3 is 0 Å². The van der Waals surface area contributed by atoms with E-state index < -0.39 is 0 Å². The third-order valence-corrected chi connectivity index (χ3v) is 5.21. The SMILES string of the molecule is CCCCB(c1cccc(C(C)C)c1)c1cccc(C(C)C)c1.c1c[nH]cn1. The van der Waals surface area contributed by atoms with Crippen LogP contribution in [0, 0.1) is 0 Å². The van der Waals surface area contributed by atoms with Gasteiger partial charge in [-0.1, -0.05) is 113 Å². The number of hydrogen-bond donors (Lipinski definition) is 1. The summed E-state index contributed by atoms with van der Waals surface area (Å²) in [7, 11) is 0. The van der Waals surface area contributed by atoms with Crippen molar-refractivity contribution in [1.29, 1.82) is 0 Å². The van der Waals surface area contributed by atoms with Gasteiger partial charge in [-0.05, 0) is 23.0 Å². The second-order valence-corrected chi connectivity index (χ2v) is 8.11. The summed E-state index contributed by atoms with van der Waals surface area (Å²) in [5.41, 5.74) is 5.85. The molecule has 0 fully saturated rings. The standard InChI is InChI=1S/C22H31B.C3H4N2/c1-6-7-14-23(21-12-8-10-19(15-21)17(2)3)22-13-9-11-20(16-22)18(4)5;1-2-5-3-4-1/h8-13,15-18H,6-7,14H2,1-5H3;1-3H,(H,4,5). The van der Waals surface area contributed by atoms with Crippen molar-refractivity contribution in [2.24, 2.45) is 0 Å². The number of aromatic nitrogens is 2. The minimum Gasteiger partial charge on any atom is -0.351 e. The minimum atomic E-state index is 0.521. The summed E-state index contributed by atoms with van der Waals surface area (Å²) in [6.45, 7) is 11.9. The molecule has 0 saturated heterocycles. The van der Waals surface area contributed by atoms with E-state index in [1.165, 1.54) is 41.2 Å². The van der Waals surface area contributed by atoms with Crippen LogP contribution in [0.2, 0.25) is 6.32 Å². The Labute approximate surface area is 171 Å². The molecule has 0 amide bonds. The van der Waals surface area contributed by atoms with Crippen LogP contribution in [-0.2, 0) is 0 Å². The molecule has 0 aliphatic rings. The van der Waals surface area contributed by atoms with Gasteiger partial charge in [0.15, 0.2) is 0 Å². The molecule has 148 valence electrons. The highest BCUT2D eigenvalue weighted by Gasteiger charge is 2.19. The van der Waals surface area contributed by atoms with E-state index in [0.717, 1.165) is 0 Å². The van der Waals surface area contributed by atoms with Crippen molar-refractivity contribution >= 4 is 17.6 Å². The molecule has 0 bridgehead atoms. The van der Waals surface area contributed by atoms with Gasteiger partial charge in [0.2, 0.25) is 6.71 Å². The van der Waals surface area contributed by atoms with Crippen LogP contribution in [0.3, 0.4) is 0 Å². The molecule has 2 aromatic carbocycles. The zero-order valence-corrected chi connectivity index (χ0v) is 18.2. The van der Waals surface area contributed by atoms with E-state index in [4.69, 9.17) is 0 Å². The number of H-pyrrole nitrogens is 1. The smallest absolute Gasteiger partial charge is 0.209 e. The lowest BCUT2D eigenvalue weighted by Crippen LogP contribution is -2.42. The van der Waals surface area contributed by atoms with Crippen molar-refractivity contribution in [3.8, 4) is 0 Å². The summed E-state index contributed by atoms with van der Waals surface area (Å²) in [5, 5.41) is 0. The Morgan fingerprint density at radius 2 is 1.46 bits per heavy atom. The lowest BCUT2D eigenvalue weighted by molar-refractivity contribution is 0.865. The Balaban J connectivity index is 0.000000485. The summed E-state index contributed by atoms with van der Waals surface area (Å²) in [6.07, 6.45) is 8.85. The number of aromatic amines is 1. The summed E-state index contributed by atoms with van der Waals surface area (Å²) < 4.78 is 0. The number of nitrogens with one attached hydrogen (secondary N) is 1. The van der Waals surface area contributed by atoms with Crippen molar-refractivity contribution in [3.05, 3.63) is 78.4 Å². The van der Waals surface area contributed by atoms with Crippen LogP contribution in [0.1, 0.15) is 70.4 Å². The van der Waals surface area contributed by atoms with Gasteiger partial charge in [0.1, 0.15) is 0 Å². The largest absolute Gasteiger partial charge is 0.351 e. The van der Waals surface area contributed by atoms with Gasteiger partial charge in [-0.3, -0.25) is 0 Å². The quantitative estimate of drug-likeness (QED) is 0.524. The van der Waals surface area contributed by atoms with Crippen LogP contribution in [0.15, 0.2) is 67.3 Å². The Hall–Kier alpha value is -2.29. The summed E-state index contributed by atoms with van der Waals surface area (Å²) in [6, 6.07) is 18.5. The Morgan fingerprint density at radius 3 is 1.82 bits per heavy atom. The third-order valence-electron chi connectivity index (χ3n) is 5.21. The maximum absolute atomic E-state index is 3.67. The molecule has 0 unspecified atom stereocenters. The lowest BCUT2D eigenvalue weighted by atomic mass is 9.38. The van der Waals surface area contributed by atoms with Crippen LogP contribution < -0.4 is 10.9 Å². The molecule has 0 aliphatic heterocycles. The molecule has 3 rings (SSSR count). The molecule has 1 N–H and O–H groups in total. The molecule has 3 aromatic rings. The number of benzene rings is 2. The van der Waals surface area contributed by atoms with Crippen LogP contribution in [0.4, 0.5) is 0 Å². The van der Waals surface area contributed by atoms with E-state index in [9.17, 15) is 0 Å². The van der Waals surface area contributed by atoms with Crippen molar-refractivity contribution < 1.29 is 0 Å². The van der Waals surface area contributed by atoms with E-state index in [1.807, 2.05) is 0 Å². The zero-order valence-electron chi connectivity index (χ0n) is 18.2. The van der Waals surface area contributed by atoms with Gasteiger partial charge in [-0.15, -0.1) is 0 Å². The fourth-order valence-electron chi connectivity index (χ4n) is 3.42. The Bertz CT molecular complexity index is 725. The normalized spacial score (nSPS) is 10.7. The maximum Gasteiger partial charge on any atom is 0.209 e. The second kappa shape index (κ2) is 11.5.